The van der Waals surface area contributed by atoms with Gasteiger partial charge in [-0.3, -0.25) is 9.59 Å². The SMILES string of the molecule is COCCCOc1ccc(-c2cc(=O)[nH]c(-c3cc(CNC(=O)C(C)C)ccc3C(F)(F)F)n2)cn1. The van der Waals surface area contributed by atoms with Gasteiger partial charge in [0.25, 0.3) is 5.56 Å². The van der Waals surface area contributed by atoms with Gasteiger partial charge in [0.15, 0.2) is 0 Å². The first-order valence-electron chi connectivity index (χ1n) is 11.3. The number of hydrogen-bond acceptors (Lipinski definition) is 6. The number of benzene rings is 1. The van der Waals surface area contributed by atoms with Crippen molar-refractivity contribution in [1.82, 2.24) is 20.3 Å². The normalized spacial score (nSPS) is 11.5. The Labute approximate surface area is 205 Å². The van der Waals surface area contributed by atoms with E-state index in [4.69, 9.17) is 9.47 Å². The predicted molar refractivity (Wildman–Crippen MR) is 127 cm³/mol. The Balaban J connectivity index is 1.94. The Kier molecular flexibility index (Phi) is 8.81. The summed E-state index contributed by atoms with van der Waals surface area (Å²) in [5, 5.41) is 2.67. The molecule has 0 aliphatic heterocycles. The van der Waals surface area contributed by atoms with Crippen LogP contribution in [0.25, 0.3) is 22.6 Å². The molecular weight excluding hydrogens is 477 g/mol. The first-order chi connectivity index (χ1) is 17.1. The second-order valence-electron chi connectivity index (χ2n) is 8.31. The van der Waals surface area contributed by atoms with Crippen LogP contribution in [0.3, 0.4) is 0 Å². The largest absolute Gasteiger partial charge is 0.478 e. The molecule has 2 aromatic heterocycles. The van der Waals surface area contributed by atoms with Crippen LogP contribution in [0.1, 0.15) is 31.4 Å². The number of aromatic nitrogens is 3. The quantitative estimate of drug-likeness (QED) is 0.401. The number of methoxy groups -OCH3 is 1. The highest BCUT2D eigenvalue weighted by molar-refractivity contribution is 5.78. The molecule has 11 heteroatoms. The van der Waals surface area contributed by atoms with Crippen LogP contribution in [0, 0.1) is 5.92 Å². The van der Waals surface area contributed by atoms with Crippen molar-refractivity contribution in [1.29, 1.82) is 0 Å². The van der Waals surface area contributed by atoms with Crippen LogP contribution >= 0.6 is 0 Å². The number of nitrogens with zero attached hydrogens (tertiary/aromatic N) is 2. The number of alkyl halides is 3. The number of halogens is 3. The molecule has 192 valence electrons. The summed E-state index contributed by atoms with van der Waals surface area (Å²) in [6, 6.07) is 7.84. The van der Waals surface area contributed by atoms with E-state index in [1.807, 2.05) is 0 Å². The molecule has 8 nitrogen and oxygen atoms in total. The van der Waals surface area contributed by atoms with E-state index in [1.165, 1.54) is 24.4 Å². The molecule has 0 fully saturated rings. The van der Waals surface area contributed by atoms with E-state index in [0.717, 1.165) is 6.07 Å². The lowest BCUT2D eigenvalue weighted by Gasteiger charge is -2.15. The lowest BCUT2D eigenvalue weighted by Crippen LogP contribution is -2.27. The first kappa shape index (κ1) is 26.9. The molecule has 2 heterocycles. The molecule has 36 heavy (non-hydrogen) atoms. The van der Waals surface area contributed by atoms with E-state index in [9.17, 15) is 22.8 Å². The van der Waals surface area contributed by atoms with Gasteiger partial charge in [0.05, 0.1) is 17.9 Å². The van der Waals surface area contributed by atoms with Crippen LogP contribution in [0.4, 0.5) is 13.2 Å². The molecular formula is C25H27F3N4O4. The number of aromatic amines is 1. The predicted octanol–water partition coefficient (Wildman–Crippen LogP) is 4.21. The zero-order valence-electron chi connectivity index (χ0n) is 20.1. The molecule has 0 saturated carbocycles. The Morgan fingerprint density at radius 1 is 1.14 bits per heavy atom. The van der Waals surface area contributed by atoms with Crippen LogP contribution in [-0.4, -0.2) is 41.2 Å². The zero-order valence-corrected chi connectivity index (χ0v) is 20.1. The van der Waals surface area contributed by atoms with Crippen molar-refractivity contribution >= 4 is 5.91 Å². The third kappa shape index (κ3) is 7.14. The highest BCUT2D eigenvalue weighted by atomic mass is 19.4. The van der Waals surface area contributed by atoms with E-state index >= 15 is 0 Å². The van der Waals surface area contributed by atoms with E-state index in [0.29, 0.717) is 36.6 Å². The molecule has 1 amide bonds. The fraction of sp³-hybridized carbons (Fsp3) is 0.360. The number of ether oxygens (including phenoxy) is 2. The highest BCUT2D eigenvalue weighted by Crippen LogP contribution is 2.36. The van der Waals surface area contributed by atoms with Crippen molar-refractivity contribution in [3.8, 4) is 28.5 Å². The number of carbonyl (C=O) groups is 1. The fourth-order valence-electron chi connectivity index (χ4n) is 3.27. The maximum atomic E-state index is 13.8. The van der Waals surface area contributed by atoms with Gasteiger partial charge in [0, 0.05) is 62.1 Å². The second kappa shape index (κ2) is 11.8. The smallest absolute Gasteiger partial charge is 0.417 e. The Hall–Kier alpha value is -3.73. The van der Waals surface area contributed by atoms with Gasteiger partial charge in [-0.1, -0.05) is 19.9 Å². The van der Waals surface area contributed by atoms with E-state index < -0.39 is 17.3 Å². The summed E-state index contributed by atoms with van der Waals surface area (Å²) in [5.74, 6) is -0.398. The van der Waals surface area contributed by atoms with Crippen LogP contribution < -0.4 is 15.6 Å². The minimum Gasteiger partial charge on any atom is -0.478 e. The monoisotopic (exact) mass is 504 g/mol. The zero-order chi connectivity index (χ0) is 26.3. The molecule has 0 radical (unpaired) electrons. The highest BCUT2D eigenvalue weighted by Gasteiger charge is 2.34. The Morgan fingerprint density at radius 2 is 1.92 bits per heavy atom. The molecule has 2 N–H and O–H groups in total. The molecule has 0 bridgehead atoms. The molecule has 3 aromatic rings. The molecule has 1 aromatic carbocycles. The van der Waals surface area contributed by atoms with Gasteiger partial charge in [-0.2, -0.15) is 13.2 Å². The summed E-state index contributed by atoms with van der Waals surface area (Å²) in [4.78, 5) is 35.1. The maximum Gasteiger partial charge on any atom is 0.417 e. The van der Waals surface area contributed by atoms with E-state index in [2.05, 4.69) is 20.3 Å². The number of carbonyl (C=O) groups excluding carboxylic acids is 1. The number of pyridine rings is 1. The van der Waals surface area contributed by atoms with Gasteiger partial charge in [-0.15, -0.1) is 0 Å². The number of amides is 1. The minimum atomic E-state index is -4.69. The van der Waals surface area contributed by atoms with Crippen molar-refractivity contribution in [3.63, 3.8) is 0 Å². The van der Waals surface area contributed by atoms with Gasteiger partial charge in [0.1, 0.15) is 5.82 Å². The Morgan fingerprint density at radius 3 is 2.56 bits per heavy atom. The summed E-state index contributed by atoms with van der Waals surface area (Å²) in [5.41, 5.74) is -0.874. The van der Waals surface area contributed by atoms with Crippen molar-refractivity contribution in [2.75, 3.05) is 20.3 Å². The summed E-state index contributed by atoms with van der Waals surface area (Å²) in [6.07, 6.45) is -2.58. The van der Waals surface area contributed by atoms with Gasteiger partial charge in [-0.05, 0) is 23.8 Å². The standard InChI is InChI=1S/C25H27F3N4O4/c1-15(2)24(34)30-13-16-5-7-19(25(26,27)28)18(11-16)23-31-20(12-21(33)32-23)17-6-8-22(29-14-17)36-10-4-9-35-3/h5-8,11-12,14-15H,4,9-10,13H2,1-3H3,(H,30,34)(H,31,32,33). The maximum absolute atomic E-state index is 13.8. The van der Waals surface area contributed by atoms with Gasteiger partial charge >= 0.3 is 6.18 Å². The van der Waals surface area contributed by atoms with E-state index in [1.54, 1.807) is 33.1 Å². The van der Waals surface area contributed by atoms with Gasteiger partial charge < -0.3 is 19.8 Å². The molecule has 0 spiro atoms. The lowest BCUT2D eigenvalue weighted by atomic mass is 10.0. The lowest BCUT2D eigenvalue weighted by molar-refractivity contribution is -0.137. The summed E-state index contributed by atoms with van der Waals surface area (Å²) < 4.78 is 51.8. The molecule has 3 rings (SSSR count). The molecule has 0 atom stereocenters. The third-order valence-electron chi connectivity index (χ3n) is 5.15. The summed E-state index contributed by atoms with van der Waals surface area (Å²) in [6.45, 7) is 4.40. The number of nitrogens with one attached hydrogen (secondary N) is 2. The van der Waals surface area contributed by atoms with Crippen LogP contribution in [0.2, 0.25) is 0 Å². The number of hydrogen-bond donors (Lipinski definition) is 2. The molecule has 0 unspecified atom stereocenters. The minimum absolute atomic E-state index is 0.0296. The second-order valence-corrected chi connectivity index (χ2v) is 8.31. The number of rotatable bonds is 10. The molecule has 0 aliphatic carbocycles. The van der Waals surface area contributed by atoms with Crippen LogP contribution in [0.15, 0.2) is 47.4 Å². The van der Waals surface area contributed by atoms with Gasteiger partial charge in [-0.25, -0.2) is 9.97 Å². The molecule has 0 saturated heterocycles. The topological polar surface area (TPSA) is 106 Å². The van der Waals surface area contributed by atoms with Crippen LogP contribution in [0.5, 0.6) is 5.88 Å². The van der Waals surface area contributed by atoms with E-state index in [-0.39, 0.29) is 35.5 Å². The van der Waals surface area contributed by atoms with Crippen molar-refractivity contribution < 1.29 is 27.4 Å². The van der Waals surface area contributed by atoms with Crippen molar-refractivity contribution in [3.05, 3.63) is 64.1 Å². The van der Waals surface area contributed by atoms with Crippen molar-refractivity contribution in [2.45, 2.75) is 33.0 Å². The fourth-order valence-corrected chi connectivity index (χ4v) is 3.27. The summed E-state index contributed by atoms with van der Waals surface area (Å²) in [7, 11) is 1.59. The first-order valence-corrected chi connectivity index (χ1v) is 11.3. The average Bonchev–Trinajstić information content (AvgIpc) is 2.84. The Bertz CT molecular complexity index is 1240. The third-order valence-corrected chi connectivity index (χ3v) is 5.15. The summed E-state index contributed by atoms with van der Waals surface area (Å²) >= 11 is 0. The van der Waals surface area contributed by atoms with Gasteiger partial charge in [0.2, 0.25) is 11.8 Å². The molecule has 0 aliphatic rings. The van der Waals surface area contributed by atoms with Crippen LogP contribution in [-0.2, 0) is 22.3 Å². The average molecular weight is 505 g/mol. The van der Waals surface area contributed by atoms with Crippen molar-refractivity contribution in [2.24, 2.45) is 5.92 Å². The number of H-pyrrole nitrogens is 1.